The van der Waals surface area contributed by atoms with Crippen molar-refractivity contribution in [2.24, 2.45) is 0 Å². The zero-order valence-corrected chi connectivity index (χ0v) is 18.8. The van der Waals surface area contributed by atoms with Gasteiger partial charge in [-0.2, -0.15) is 0 Å². The highest BCUT2D eigenvalue weighted by atomic mass is 16.7. The molecule has 0 saturated carbocycles. The Morgan fingerprint density at radius 1 is 1.10 bits per heavy atom. The maximum Gasteiger partial charge on any atom is 0.242 e. The molecule has 2 atom stereocenters. The number of fused-ring (bicyclic) bond motifs is 1. The molecule has 0 bridgehead atoms. The van der Waals surface area contributed by atoms with Gasteiger partial charge in [-0.15, -0.1) is 0 Å². The third-order valence-corrected chi connectivity index (χ3v) is 5.83. The molecule has 1 heterocycles. The Morgan fingerprint density at radius 3 is 2.58 bits per heavy atom. The number of carbonyl (C=O) groups is 2. The van der Waals surface area contributed by atoms with Crippen molar-refractivity contribution in [1.82, 2.24) is 10.2 Å². The van der Waals surface area contributed by atoms with E-state index in [4.69, 9.17) is 9.47 Å². The minimum atomic E-state index is -0.558. The van der Waals surface area contributed by atoms with Gasteiger partial charge in [0.15, 0.2) is 11.5 Å². The van der Waals surface area contributed by atoms with Crippen LogP contribution in [0, 0.1) is 6.92 Å². The molecule has 31 heavy (non-hydrogen) atoms. The third kappa shape index (κ3) is 5.78. The fourth-order valence-corrected chi connectivity index (χ4v) is 3.51. The second-order valence-electron chi connectivity index (χ2n) is 8.13. The van der Waals surface area contributed by atoms with Crippen LogP contribution in [0.1, 0.15) is 50.3 Å². The van der Waals surface area contributed by atoms with E-state index in [1.54, 1.807) is 11.8 Å². The van der Waals surface area contributed by atoms with Crippen molar-refractivity contribution in [2.45, 2.75) is 65.6 Å². The summed E-state index contributed by atoms with van der Waals surface area (Å²) in [6, 6.07) is 13.2. The minimum Gasteiger partial charge on any atom is -0.454 e. The van der Waals surface area contributed by atoms with E-state index in [9.17, 15) is 9.59 Å². The Bertz CT molecular complexity index is 927. The predicted molar refractivity (Wildman–Crippen MR) is 120 cm³/mol. The number of hydrogen-bond acceptors (Lipinski definition) is 4. The molecule has 0 spiro atoms. The number of aryl methyl sites for hydroxylation is 2. The van der Waals surface area contributed by atoms with Gasteiger partial charge < -0.3 is 19.7 Å². The molecule has 1 aliphatic heterocycles. The molecule has 0 aliphatic carbocycles. The van der Waals surface area contributed by atoms with Crippen molar-refractivity contribution in [3.05, 3.63) is 59.2 Å². The van der Waals surface area contributed by atoms with Gasteiger partial charge in [-0.3, -0.25) is 9.59 Å². The smallest absolute Gasteiger partial charge is 0.242 e. The minimum absolute atomic E-state index is 0.0484. The maximum absolute atomic E-state index is 13.3. The molecular weight excluding hydrogens is 392 g/mol. The normalized spacial score (nSPS) is 14.1. The number of nitrogens with one attached hydrogen (secondary N) is 1. The van der Waals surface area contributed by atoms with Crippen LogP contribution in [0.2, 0.25) is 0 Å². The van der Waals surface area contributed by atoms with Gasteiger partial charge >= 0.3 is 0 Å². The first kappa shape index (κ1) is 22.7. The first-order valence-corrected chi connectivity index (χ1v) is 10.9. The molecule has 0 saturated heterocycles. The van der Waals surface area contributed by atoms with E-state index in [1.807, 2.05) is 63.2 Å². The summed E-state index contributed by atoms with van der Waals surface area (Å²) in [5.41, 5.74) is 3.15. The average molecular weight is 425 g/mol. The molecule has 1 N–H and O–H groups in total. The average Bonchev–Trinajstić information content (AvgIpc) is 3.24. The summed E-state index contributed by atoms with van der Waals surface area (Å²) >= 11 is 0. The lowest BCUT2D eigenvalue weighted by Crippen LogP contribution is -2.49. The highest BCUT2D eigenvalue weighted by Crippen LogP contribution is 2.32. The van der Waals surface area contributed by atoms with Crippen LogP contribution in [0.4, 0.5) is 0 Å². The van der Waals surface area contributed by atoms with Crippen molar-refractivity contribution in [3.63, 3.8) is 0 Å². The number of rotatable bonds is 9. The summed E-state index contributed by atoms with van der Waals surface area (Å²) in [4.78, 5) is 27.7. The number of carbonyl (C=O) groups excluding carboxylic acids is 2. The van der Waals surface area contributed by atoms with Crippen molar-refractivity contribution >= 4 is 11.8 Å². The molecule has 3 rings (SSSR count). The summed E-state index contributed by atoms with van der Waals surface area (Å²) in [5.74, 6) is 1.27. The zero-order chi connectivity index (χ0) is 22.4. The van der Waals surface area contributed by atoms with Crippen molar-refractivity contribution in [2.75, 3.05) is 6.79 Å². The van der Waals surface area contributed by atoms with Crippen molar-refractivity contribution in [3.8, 4) is 11.5 Å². The number of nitrogens with zero attached hydrogens (tertiary/aromatic N) is 1. The van der Waals surface area contributed by atoms with E-state index < -0.39 is 6.04 Å². The van der Waals surface area contributed by atoms with Crippen LogP contribution in [0.15, 0.2) is 42.5 Å². The van der Waals surface area contributed by atoms with Gasteiger partial charge in [0, 0.05) is 19.0 Å². The first-order chi connectivity index (χ1) is 14.9. The van der Waals surface area contributed by atoms with E-state index in [2.05, 4.69) is 5.32 Å². The lowest BCUT2D eigenvalue weighted by Gasteiger charge is -2.30. The highest BCUT2D eigenvalue weighted by Gasteiger charge is 2.27. The van der Waals surface area contributed by atoms with Crippen molar-refractivity contribution in [1.29, 1.82) is 0 Å². The Morgan fingerprint density at radius 2 is 1.84 bits per heavy atom. The Hall–Kier alpha value is -3.02. The molecule has 0 aromatic heterocycles. The monoisotopic (exact) mass is 424 g/mol. The van der Waals surface area contributed by atoms with E-state index in [0.29, 0.717) is 25.1 Å². The Labute approximate surface area is 184 Å². The molecule has 0 unspecified atom stereocenters. The van der Waals surface area contributed by atoms with Gasteiger partial charge in [0.05, 0.1) is 0 Å². The summed E-state index contributed by atoms with van der Waals surface area (Å²) in [6.07, 6.45) is 1.72. The molecule has 6 nitrogen and oxygen atoms in total. The summed E-state index contributed by atoms with van der Waals surface area (Å²) < 4.78 is 10.8. The lowest BCUT2D eigenvalue weighted by atomic mass is 10.0. The zero-order valence-electron chi connectivity index (χ0n) is 18.8. The molecule has 2 aromatic carbocycles. The van der Waals surface area contributed by atoms with E-state index in [0.717, 1.165) is 28.9 Å². The molecule has 0 radical (unpaired) electrons. The Kier molecular flexibility index (Phi) is 7.55. The number of hydrogen-bond donors (Lipinski definition) is 1. The quantitative estimate of drug-likeness (QED) is 0.661. The maximum atomic E-state index is 13.3. The van der Waals surface area contributed by atoms with Crippen LogP contribution in [-0.4, -0.2) is 35.6 Å². The second-order valence-corrected chi connectivity index (χ2v) is 8.13. The van der Waals surface area contributed by atoms with Gasteiger partial charge in [-0.05, 0) is 62.4 Å². The Balaban J connectivity index is 1.73. The number of ether oxygens (including phenoxy) is 2. The summed E-state index contributed by atoms with van der Waals surface area (Å²) in [5, 5.41) is 3.00. The second kappa shape index (κ2) is 10.3. The lowest BCUT2D eigenvalue weighted by molar-refractivity contribution is -0.140. The van der Waals surface area contributed by atoms with Crippen LogP contribution in [0.3, 0.4) is 0 Å². The van der Waals surface area contributed by atoms with Gasteiger partial charge in [0.25, 0.3) is 0 Å². The van der Waals surface area contributed by atoms with Crippen LogP contribution in [0.5, 0.6) is 11.5 Å². The van der Waals surface area contributed by atoms with Crippen LogP contribution in [-0.2, 0) is 22.6 Å². The summed E-state index contributed by atoms with van der Waals surface area (Å²) in [7, 11) is 0. The van der Waals surface area contributed by atoms with Gasteiger partial charge in [0.1, 0.15) is 6.04 Å². The molecule has 6 heteroatoms. The molecule has 2 aromatic rings. The molecule has 0 fully saturated rings. The van der Waals surface area contributed by atoms with E-state index in [-0.39, 0.29) is 24.6 Å². The molecule has 166 valence electrons. The standard InChI is InChI=1S/C25H32N2O4/c1-5-18(3)26-25(29)19(4)27(15-21-9-7-6-8-17(21)2)24(28)13-11-20-10-12-22-23(14-20)31-16-30-22/h6-10,12,14,18-19H,5,11,13,15-16H2,1-4H3,(H,26,29)/t18-,19-/m1/s1. The van der Waals surface area contributed by atoms with Crippen LogP contribution in [0.25, 0.3) is 0 Å². The fourth-order valence-electron chi connectivity index (χ4n) is 3.51. The van der Waals surface area contributed by atoms with Crippen molar-refractivity contribution < 1.29 is 19.1 Å². The number of benzene rings is 2. The van der Waals surface area contributed by atoms with Gasteiger partial charge in [-0.25, -0.2) is 0 Å². The van der Waals surface area contributed by atoms with Crippen LogP contribution < -0.4 is 14.8 Å². The van der Waals surface area contributed by atoms with E-state index in [1.165, 1.54) is 0 Å². The predicted octanol–water partition coefficient (Wildman–Crippen LogP) is 3.99. The van der Waals surface area contributed by atoms with Gasteiger partial charge in [0.2, 0.25) is 18.6 Å². The fraction of sp³-hybridized carbons (Fsp3) is 0.440. The first-order valence-electron chi connectivity index (χ1n) is 10.9. The molecular formula is C25H32N2O4. The highest BCUT2D eigenvalue weighted by molar-refractivity contribution is 5.87. The largest absolute Gasteiger partial charge is 0.454 e. The molecule has 1 aliphatic rings. The van der Waals surface area contributed by atoms with Gasteiger partial charge in [-0.1, -0.05) is 37.3 Å². The number of amides is 2. The van der Waals surface area contributed by atoms with E-state index >= 15 is 0 Å². The topological polar surface area (TPSA) is 67.9 Å². The third-order valence-electron chi connectivity index (χ3n) is 5.83. The summed E-state index contributed by atoms with van der Waals surface area (Å²) in [6.45, 7) is 8.45. The SMILES string of the molecule is CC[C@@H](C)NC(=O)[C@@H](C)N(Cc1ccccc1C)C(=O)CCc1ccc2c(c1)OCO2. The van der Waals surface area contributed by atoms with Crippen LogP contribution >= 0.6 is 0 Å². The molecule has 2 amide bonds.